The Morgan fingerprint density at radius 2 is 1.62 bits per heavy atom. The van der Waals surface area contributed by atoms with Gasteiger partial charge >= 0.3 is 6.09 Å². The highest BCUT2D eigenvalue weighted by Crippen LogP contribution is 2.49. The minimum Gasteiger partial charge on any atom is -0.497 e. The van der Waals surface area contributed by atoms with E-state index < -0.39 is 73.6 Å². The molecule has 3 aromatic carbocycles. The molecule has 7 rings (SSSR count). The van der Waals surface area contributed by atoms with Gasteiger partial charge in [0.15, 0.2) is 0 Å². The molecule has 0 spiro atoms. The number of aromatic nitrogens is 1. The van der Waals surface area contributed by atoms with E-state index in [0.717, 1.165) is 11.1 Å². The summed E-state index contributed by atoms with van der Waals surface area (Å²) < 4.78 is 46.8. The van der Waals surface area contributed by atoms with Crippen LogP contribution in [-0.4, -0.2) is 90.9 Å². The molecule has 3 N–H and O–H groups in total. The monoisotopic (exact) mass is 893 g/mol. The zero-order valence-electron chi connectivity index (χ0n) is 37.6. The number of amides is 4. The zero-order valence-corrected chi connectivity index (χ0v) is 38.4. The smallest absolute Gasteiger partial charge is 0.407 e. The number of benzene rings is 3. The van der Waals surface area contributed by atoms with Crippen molar-refractivity contribution >= 4 is 44.7 Å². The van der Waals surface area contributed by atoms with Crippen molar-refractivity contribution in [3.05, 3.63) is 103 Å². The van der Waals surface area contributed by atoms with Crippen molar-refractivity contribution in [1.82, 2.24) is 25.2 Å². The predicted molar refractivity (Wildman–Crippen MR) is 244 cm³/mol. The number of methoxy groups -OCH3 is 1. The molecule has 2 heterocycles. The van der Waals surface area contributed by atoms with E-state index in [4.69, 9.17) is 19.2 Å². The third-order valence-electron chi connectivity index (χ3n) is 12.2. The van der Waals surface area contributed by atoms with Gasteiger partial charge in [-0.25, -0.2) is 18.2 Å². The second-order valence-electron chi connectivity index (χ2n) is 19.6. The van der Waals surface area contributed by atoms with Crippen LogP contribution in [0.4, 0.5) is 4.79 Å². The summed E-state index contributed by atoms with van der Waals surface area (Å²) in [5.41, 5.74) is 0.0950. The Kier molecular flexibility index (Phi) is 12.6. The summed E-state index contributed by atoms with van der Waals surface area (Å²) in [5.74, 6) is -1.63. The van der Waals surface area contributed by atoms with Gasteiger partial charge in [0.05, 0.1) is 36.2 Å². The highest BCUT2D eigenvalue weighted by atomic mass is 32.2. The Morgan fingerprint density at radius 1 is 0.953 bits per heavy atom. The van der Waals surface area contributed by atoms with E-state index in [9.17, 15) is 27.6 Å². The van der Waals surface area contributed by atoms with E-state index in [1.807, 2.05) is 93.6 Å². The molecule has 2 saturated carbocycles. The number of alkyl carbamates (subject to hydrolysis) is 1. The number of likely N-dealkylation sites (tertiary alicyclic amines) is 1. The van der Waals surface area contributed by atoms with Crippen LogP contribution in [0.2, 0.25) is 0 Å². The molecule has 4 amide bonds. The van der Waals surface area contributed by atoms with Gasteiger partial charge in [-0.05, 0) is 54.2 Å². The first-order valence-corrected chi connectivity index (χ1v) is 23.2. The lowest BCUT2D eigenvalue weighted by Gasteiger charge is -2.35. The third kappa shape index (κ3) is 9.89. The summed E-state index contributed by atoms with van der Waals surface area (Å²) in [6.45, 7) is 15.0. The number of nitrogens with one attached hydrogen (secondary N) is 3. The van der Waals surface area contributed by atoms with E-state index in [1.54, 1.807) is 40.0 Å². The van der Waals surface area contributed by atoms with Crippen LogP contribution in [0.15, 0.2) is 97.6 Å². The highest BCUT2D eigenvalue weighted by Gasteiger charge is 2.63. The first kappa shape index (κ1) is 46.0. The fourth-order valence-corrected chi connectivity index (χ4v) is 9.91. The van der Waals surface area contributed by atoms with Gasteiger partial charge in [-0.2, -0.15) is 0 Å². The lowest BCUT2D eigenvalue weighted by atomic mass is 9.85. The Hall–Kier alpha value is -5.96. The molecule has 340 valence electrons. The first-order valence-electron chi connectivity index (χ1n) is 21.7. The maximum absolute atomic E-state index is 14.9. The highest BCUT2D eigenvalue weighted by molar-refractivity contribution is 7.91. The second-order valence-corrected chi connectivity index (χ2v) is 21.7. The molecule has 1 saturated heterocycles. The molecule has 4 aromatic rings. The topological polar surface area (TPSA) is 182 Å². The molecule has 14 nitrogen and oxygen atoms in total. The molecule has 3 aliphatic rings. The van der Waals surface area contributed by atoms with Gasteiger partial charge in [0.25, 0.3) is 5.91 Å². The molecule has 2 aliphatic carbocycles. The second kappa shape index (κ2) is 17.5. The van der Waals surface area contributed by atoms with Gasteiger partial charge in [0, 0.05) is 35.4 Å². The number of hydrogen-bond donors (Lipinski definition) is 3. The van der Waals surface area contributed by atoms with Crippen LogP contribution < -0.4 is 24.8 Å². The number of carbonyl (C=O) groups is 4. The van der Waals surface area contributed by atoms with Crippen LogP contribution in [0.25, 0.3) is 22.2 Å². The molecule has 0 unspecified atom stereocenters. The van der Waals surface area contributed by atoms with Crippen LogP contribution in [-0.2, 0) is 35.6 Å². The molecule has 3 fully saturated rings. The maximum atomic E-state index is 14.9. The number of nitrogens with zero attached hydrogens (tertiary/aromatic N) is 2. The van der Waals surface area contributed by atoms with Gasteiger partial charge in [0.2, 0.25) is 21.8 Å². The Morgan fingerprint density at radius 3 is 2.22 bits per heavy atom. The fourth-order valence-electron chi connectivity index (χ4n) is 8.27. The van der Waals surface area contributed by atoms with Crippen LogP contribution in [0, 0.1) is 16.7 Å². The summed E-state index contributed by atoms with van der Waals surface area (Å²) >= 11 is 0. The number of sulfonamides is 1. The van der Waals surface area contributed by atoms with Gasteiger partial charge < -0.3 is 29.7 Å². The van der Waals surface area contributed by atoms with Gasteiger partial charge in [-0.1, -0.05) is 108 Å². The zero-order chi connectivity index (χ0) is 46.2. The molecule has 1 aliphatic heterocycles. The minimum absolute atomic E-state index is 0.00150. The predicted octanol–water partition coefficient (Wildman–Crippen LogP) is 6.73. The lowest BCUT2D eigenvalue weighted by Crippen LogP contribution is -2.60. The van der Waals surface area contributed by atoms with Crippen molar-refractivity contribution in [2.75, 3.05) is 20.3 Å². The summed E-state index contributed by atoms with van der Waals surface area (Å²) in [6.07, 6.45) is 1.09. The Balaban J connectivity index is 1.19. The number of rotatable bonds is 15. The normalized spacial score (nSPS) is 21.9. The molecule has 0 bridgehead atoms. The molecule has 0 radical (unpaired) electrons. The van der Waals surface area contributed by atoms with Crippen molar-refractivity contribution in [2.45, 2.75) is 102 Å². The first-order chi connectivity index (χ1) is 30.2. The summed E-state index contributed by atoms with van der Waals surface area (Å²) in [6, 6.07) is 23.7. The summed E-state index contributed by atoms with van der Waals surface area (Å²) in [7, 11) is -2.61. The molecule has 5 atom stereocenters. The number of carbonyl (C=O) groups excluding carboxylic acids is 4. The SMILES string of the molecule is C=C[C@@H]1C[C@]1(NC(=O)[C@@H]1C[C@@H](Oc2cc(-c3ccccc3)nc3cc(OC)ccc23)CN1C(=O)[C@@H](NC(=O)OCC(C)(C)C)C(C)(C)C)C(=O)NS(=O)(=O)C1(Cc2ccccc2)CC1. The van der Waals surface area contributed by atoms with Crippen LogP contribution in [0.3, 0.4) is 0 Å². The van der Waals surface area contributed by atoms with Crippen molar-refractivity contribution in [1.29, 1.82) is 0 Å². The third-order valence-corrected chi connectivity index (χ3v) is 14.4. The van der Waals surface area contributed by atoms with Crippen LogP contribution in [0.5, 0.6) is 11.5 Å². The summed E-state index contributed by atoms with van der Waals surface area (Å²) in [4.78, 5) is 63.3. The standard InChI is InChI=1S/C49H59N5O9S/c1-9-33-28-49(33,44(57)53-64(59,60)48(22-23-48)27-31-16-12-10-13-17-31)52-42(55)39-25-35(29-54(39)43(56)41(47(5,6)7)51-45(58)62-30-46(2,3)4)63-40-26-37(32-18-14-11-15-19-32)50-38-24-34(61-8)20-21-36(38)40/h9-21,24,26,33,35,39,41H,1,22-23,25,27-30H2,2-8H3,(H,51,58)(H,52,55)(H,53,57)/t33-,35-,39+,41-,49-/m1/s1. The molecular weight excluding hydrogens is 835 g/mol. The van der Waals surface area contributed by atoms with Crippen molar-refractivity contribution in [3.8, 4) is 22.8 Å². The summed E-state index contributed by atoms with van der Waals surface area (Å²) in [5, 5.41) is 6.31. The number of fused-ring (bicyclic) bond motifs is 1. The Bertz CT molecular complexity index is 2530. The van der Waals surface area contributed by atoms with E-state index in [0.29, 0.717) is 40.9 Å². The van der Waals surface area contributed by atoms with E-state index in [-0.39, 0.29) is 37.8 Å². The van der Waals surface area contributed by atoms with Gasteiger partial charge in [-0.3, -0.25) is 19.1 Å². The van der Waals surface area contributed by atoms with Crippen molar-refractivity contribution < 1.29 is 41.8 Å². The van der Waals surface area contributed by atoms with Crippen LogP contribution in [0.1, 0.15) is 72.8 Å². The maximum Gasteiger partial charge on any atom is 0.407 e. The minimum atomic E-state index is -4.18. The molecule has 15 heteroatoms. The lowest BCUT2D eigenvalue weighted by molar-refractivity contribution is -0.142. The number of ether oxygens (including phenoxy) is 3. The average molecular weight is 894 g/mol. The van der Waals surface area contributed by atoms with Gasteiger partial charge in [-0.15, -0.1) is 6.58 Å². The van der Waals surface area contributed by atoms with E-state index in [2.05, 4.69) is 21.9 Å². The van der Waals surface area contributed by atoms with E-state index >= 15 is 0 Å². The van der Waals surface area contributed by atoms with E-state index in [1.165, 1.54) is 11.0 Å². The van der Waals surface area contributed by atoms with Crippen LogP contribution >= 0.6 is 0 Å². The quantitative estimate of drug-likeness (QED) is 0.108. The largest absolute Gasteiger partial charge is 0.497 e. The molecule has 64 heavy (non-hydrogen) atoms. The number of pyridine rings is 1. The number of hydrogen-bond acceptors (Lipinski definition) is 10. The van der Waals surface area contributed by atoms with Gasteiger partial charge in [0.1, 0.15) is 35.2 Å². The molecule has 1 aromatic heterocycles. The van der Waals surface area contributed by atoms with Crippen molar-refractivity contribution in [2.24, 2.45) is 16.7 Å². The Labute approximate surface area is 375 Å². The fraction of sp³-hybridized carbons (Fsp3) is 0.449. The van der Waals surface area contributed by atoms with Crippen molar-refractivity contribution in [3.63, 3.8) is 0 Å². The average Bonchev–Trinajstić information content (AvgIpc) is 4.15. The molecular formula is C49H59N5O9S.